The number of nitrogens with zero attached hydrogens (tertiary/aromatic N) is 2. The second-order valence-electron chi connectivity index (χ2n) is 7.23. The van der Waals surface area contributed by atoms with Crippen LogP contribution in [-0.4, -0.2) is 22.5 Å². The highest BCUT2D eigenvalue weighted by atomic mass is 35.5. The van der Waals surface area contributed by atoms with Crippen molar-refractivity contribution >= 4 is 34.8 Å². The lowest BCUT2D eigenvalue weighted by Gasteiger charge is -2.18. The maximum absolute atomic E-state index is 11.7. The number of amides is 1. The van der Waals surface area contributed by atoms with Gasteiger partial charge in [0.2, 0.25) is 0 Å². The fourth-order valence-electron chi connectivity index (χ4n) is 2.75. The number of benzene rings is 2. The summed E-state index contributed by atoms with van der Waals surface area (Å²) in [7, 11) is 0. The Balaban J connectivity index is 1.81. The van der Waals surface area contributed by atoms with E-state index in [-0.39, 0.29) is 0 Å². The molecule has 0 spiro atoms. The number of halogens is 1. The van der Waals surface area contributed by atoms with E-state index < -0.39 is 11.7 Å². The Kier molecular flexibility index (Phi) is 5.51. The van der Waals surface area contributed by atoms with Crippen LogP contribution in [0.5, 0.6) is 0 Å². The zero-order valence-electron chi connectivity index (χ0n) is 15.6. The first-order chi connectivity index (χ1) is 12.8. The highest BCUT2D eigenvalue weighted by molar-refractivity contribution is 6.30. The van der Waals surface area contributed by atoms with E-state index in [1.807, 2.05) is 48.7 Å². The number of hydrogen-bond donors (Lipinski definition) is 1. The number of para-hydroxylation sites is 1. The van der Waals surface area contributed by atoms with Crippen LogP contribution in [0.15, 0.2) is 59.8 Å². The standard InChI is InChI=1S/C21H22ClN3O2/c1-21(2,3)27-20(26)24-23-12-16-14-25(19-7-5-4-6-18(16)19)13-15-8-10-17(22)11-9-15/h4-12,14H,13H2,1-3H3,(H,24,26)/b23-12-. The van der Waals surface area contributed by atoms with Crippen LogP contribution >= 0.6 is 11.6 Å². The van der Waals surface area contributed by atoms with Gasteiger partial charge in [0.25, 0.3) is 0 Å². The Morgan fingerprint density at radius 3 is 2.59 bits per heavy atom. The Bertz CT molecular complexity index is 969. The van der Waals surface area contributed by atoms with E-state index in [9.17, 15) is 4.79 Å². The molecule has 6 heteroatoms. The first-order valence-electron chi connectivity index (χ1n) is 8.66. The molecule has 0 unspecified atom stereocenters. The number of ether oxygens (including phenoxy) is 1. The van der Waals surface area contributed by atoms with E-state index in [1.165, 1.54) is 0 Å². The summed E-state index contributed by atoms with van der Waals surface area (Å²) >= 11 is 5.97. The summed E-state index contributed by atoms with van der Waals surface area (Å²) in [5.74, 6) is 0. The summed E-state index contributed by atoms with van der Waals surface area (Å²) in [6.07, 6.45) is 3.06. The van der Waals surface area contributed by atoms with Crippen molar-refractivity contribution in [1.29, 1.82) is 0 Å². The molecule has 2 aromatic carbocycles. The van der Waals surface area contributed by atoms with E-state index in [0.717, 1.165) is 27.1 Å². The summed E-state index contributed by atoms with van der Waals surface area (Å²) < 4.78 is 7.32. The van der Waals surface area contributed by atoms with Gasteiger partial charge in [0.1, 0.15) is 5.60 Å². The quantitative estimate of drug-likeness (QED) is 0.497. The van der Waals surface area contributed by atoms with Crippen molar-refractivity contribution < 1.29 is 9.53 Å². The molecule has 5 nitrogen and oxygen atoms in total. The van der Waals surface area contributed by atoms with E-state index >= 15 is 0 Å². The highest BCUT2D eigenvalue weighted by Crippen LogP contribution is 2.21. The molecule has 27 heavy (non-hydrogen) atoms. The molecule has 1 aromatic heterocycles. The number of rotatable bonds is 4. The van der Waals surface area contributed by atoms with Crippen molar-refractivity contribution in [3.05, 3.63) is 70.9 Å². The van der Waals surface area contributed by atoms with Crippen molar-refractivity contribution in [2.24, 2.45) is 5.10 Å². The summed E-state index contributed by atoms with van der Waals surface area (Å²) in [5.41, 5.74) is 4.99. The largest absolute Gasteiger partial charge is 0.443 e. The van der Waals surface area contributed by atoms with Crippen LogP contribution in [0, 0.1) is 0 Å². The van der Waals surface area contributed by atoms with Gasteiger partial charge in [-0.15, -0.1) is 0 Å². The third-order valence-corrected chi connectivity index (χ3v) is 4.10. The lowest BCUT2D eigenvalue weighted by atomic mass is 10.2. The van der Waals surface area contributed by atoms with Crippen molar-refractivity contribution in [3.63, 3.8) is 0 Å². The van der Waals surface area contributed by atoms with Crippen molar-refractivity contribution in [1.82, 2.24) is 9.99 Å². The number of nitrogens with one attached hydrogen (secondary N) is 1. The molecule has 0 fully saturated rings. The molecule has 1 amide bonds. The first-order valence-corrected chi connectivity index (χ1v) is 9.04. The van der Waals surface area contributed by atoms with Gasteiger partial charge < -0.3 is 9.30 Å². The molecule has 1 N–H and O–H groups in total. The number of carbonyl (C=O) groups excluding carboxylic acids is 1. The molecule has 0 aliphatic rings. The SMILES string of the molecule is CC(C)(C)OC(=O)N/N=C\c1cn(Cc2ccc(Cl)cc2)c2ccccc12. The molecule has 3 aromatic rings. The minimum absolute atomic E-state index is 0.561. The predicted octanol–water partition coefficient (Wildman–Crippen LogP) is 5.20. The monoisotopic (exact) mass is 383 g/mol. The third-order valence-electron chi connectivity index (χ3n) is 3.84. The molecule has 3 rings (SSSR count). The second kappa shape index (κ2) is 7.84. The van der Waals surface area contributed by atoms with Crippen molar-refractivity contribution in [3.8, 4) is 0 Å². The third kappa shape index (κ3) is 5.11. The minimum Gasteiger partial charge on any atom is -0.443 e. The lowest BCUT2D eigenvalue weighted by molar-refractivity contribution is 0.0529. The van der Waals surface area contributed by atoms with Gasteiger partial charge in [-0.25, -0.2) is 10.2 Å². The Morgan fingerprint density at radius 2 is 1.89 bits per heavy atom. The first kappa shape index (κ1) is 19.0. The molecule has 140 valence electrons. The molecule has 0 aliphatic carbocycles. The lowest BCUT2D eigenvalue weighted by Crippen LogP contribution is -2.29. The van der Waals surface area contributed by atoms with Crippen LogP contribution in [0.4, 0.5) is 4.79 Å². The molecular formula is C21H22ClN3O2. The fraction of sp³-hybridized carbons (Fsp3) is 0.238. The van der Waals surface area contributed by atoms with E-state index in [1.54, 1.807) is 27.0 Å². The average molecular weight is 384 g/mol. The van der Waals surface area contributed by atoms with Gasteiger partial charge >= 0.3 is 6.09 Å². The van der Waals surface area contributed by atoms with E-state index in [2.05, 4.69) is 21.2 Å². The molecular weight excluding hydrogens is 362 g/mol. The Morgan fingerprint density at radius 1 is 1.19 bits per heavy atom. The van der Waals surface area contributed by atoms with Gasteiger partial charge in [0.05, 0.1) is 6.21 Å². The van der Waals surface area contributed by atoms with Gasteiger partial charge in [0.15, 0.2) is 0 Å². The zero-order chi connectivity index (χ0) is 19.4. The smallest absolute Gasteiger partial charge is 0.428 e. The molecule has 0 aliphatic heterocycles. The van der Waals surface area contributed by atoms with Gasteiger partial charge in [-0.2, -0.15) is 5.10 Å². The molecule has 1 heterocycles. The summed E-state index contributed by atoms with van der Waals surface area (Å²) in [4.78, 5) is 11.7. The fourth-order valence-corrected chi connectivity index (χ4v) is 2.88. The zero-order valence-corrected chi connectivity index (χ0v) is 16.3. The number of hydrazone groups is 1. The number of carbonyl (C=O) groups is 1. The summed E-state index contributed by atoms with van der Waals surface area (Å²) in [6.45, 7) is 6.13. The van der Waals surface area contributed by atoms with E-state index in [4.69, 9.17) is 16.3 Å². The molecule has 0 saturated carbocycles. The van der Waals surface area contributed by atoms with Crippen LogP contribution in [0.25, 0.3) is 10.9 Å². The van der Waals surface area contributed by atoms with Gasteiger partial charge in [0, 0.05) is 34.2 Å². The molecule has 0 bridgehead atoms. The molecule has 0 radical (unpaired) electrons. The van der Waals surface area contributed by atoms with Crippen LogP contribution < -0.4 is 5.43 Å². The number of hydrogen-bond acceptors (Lipinski definition) is 3. The van der Waals surface area contributed by atoms with Crippen LogP contribution in [-0.2, 0) is 11.3 Å². The maximum atomic E-state index is 11.7. The van der Waals surface area contributed by atoms with Crippen molar-refractivity contribution in [2.45, 2.75) is 32.9 Å². The summed E-state index contributed by atoms with van der Waals surface area (Å²) in [6, 6.07) is 15.9. The highest BCUT2D eigenvalue weighted by Gasteiger charge is 2.15. The second-order valence-corrected chi connectivity index (χ2v) is 7.66. The van der Waals surface area contributed by atoms with Crippen LogP contribution in [0.1, 0.15) is 31.9 Å². The van der Waals surface area contributed by atoms with Crippen LogP contribution in [0.3, 0.4) is 0 Å². The summed E-state index contributed by atoms with van der Waals surface area (Å²) in [5, 5.41) is 5.80. The topological polar surface area (TPSA) is 55.6 Å². The van der Waals surface area contributed by atoms with Gasteiger partial charge in [-0.05, 0) is 44.5 Å². The predicted molar refractivity (Wildman–Crippen MR) is 109 cm³/mol. The number of aromatic nitrogens is 1. The van der Waals surface area contributed by atoms with Gasteiger partial charge in [-0.1, -0.05) is 41.9 Å². The minimum atomic E-state index is -0.580. The normalized spacial score (nSPS) is 11.9. The Hall–Kier alpha value is -2.79. The maximum Gasteiger partial charge on any atom is 0.428 e. The average Bonchev–Trinajstić information content (AvgIpc) is 2.93. The van der Waals surface area contributed by atoms with Gasteiger partial charge in [-0.3, -0.25) is 0 Å². The molecule has 0 atom stereocenters. The number of fused-ring (bicyclic) bond motifs is 1. The Labute approximate surface area is 163 Å². The molecule has 0 saturated heterocycles. The van der Waals surface area contributed by atoms with Crippen LogP contribution in [0.2, 0.25) is 5.02 Å². The van der Waals surface area contributed by atoms with Crippen molar-refractivity contribution in [2.75, 3.05) is 0 Å². The van der Waals surface area contributed by atoms with E-state index in [0.29, 0.717) is 6.54 Å².